The quantitative estimate of drug-likeness (QED) is 0.345. The summed E-state index contributed by atoms with van der Waals surface area (Å²) in [4.78, 5) is 4.59. The lowest BCUT2D eigenvalue weighted by Crippen LogP contribution is -2.11. The third-order valence-electron chi connectivity index (χ3n) is 4.18. The average molecular weight is 474 g/mol. The predicted molar refractivity (Wildman–Crippen MR) is 118 cm³/mol. The lowest BCUT2D eigenvalue weighted by molar-refractivity contribution is 0.389. The molecule has 0 radical (unpaired) electrons. The van der Waals surface area contributed by atoms with Gasteiger partial charge in [-0.3, -0.25) is 4.99 Å². The zero-order chi connectivity index (χ0) is 21.0. The van der Waals surface area contributed by atoms with Crippen LogP contribution >= 0.6 is 15.9 Å². The minimum Gasteiger partial charge on any atom is -0.493 e. The summed E-state index contributed by atoms with van der Waals surface area (Å²) in [5.74, 6) is 0.362. The Labute approximate surface area is 179 Å². The van der Waals surface area contributed by atoms with Gasteiger partial charge in [0.25, 0.3) is 0 Å². The fourth-order valence-corrected chi connectivity index (χ4v) is 4.36. The summed E-state index contributed by atoms with van der Waals surface area (Å²) in [6.07, 6.45) is 1.69. The highest BCUT2D eigenvalue weighted by Crippen LogP contribution is 2.38. The van der Waals surface area contributed by atoms with E-state index < -0.39 is 10.1 Å². The van der Waals surface area contributed by atoms with Crippen molar-refractivity contribution in [2.75, 3.05) is 7.11 Å². The molecule has 0 fully saturated rings. The molecule has 0 amide bonds. The van der Waals surface area contributed by atoms with Crippen molar-refractivity contribution in [3.63, 3.8) is 0 Å². The molecule has 5 nitrogen and oxygen atoms in total. The maximum atomic E-state index is 12.6. The summed E-state index contributed by atoms with van der Waals surface area (Å²) in [5, 5.41) is 0. The van der Waals surface area contributed by atoms with Crippen molar-refractivity contribution in [3.8, 4) is 11.5 Å². The van der Waals surface area contributed by atoms with E-state index in [0.29, 0.717) is 4.47 Å². The fourth-order valence-electron chi connectivity index (χ4n) is 2.73. The van der Waals surface area contributed by atoms with Gasteiger partial charge >= 0.3 is 10.1 Å². The second-order valence-electron chi connectivity index (χ2n) is 6.43. The van der Waals surface area contributed by atoms with Gasteiger partial charge in [-0.25, -0.2) is 0 Å². The standard InChI is InChI=1S/C22H20BrNO4S/c1-15-9-10-20(16(2)11-15)24-14-17-12-19(23)22(21(13-17)27-3)28-29(25,26)18-7-5-4-6-8-18/h4-14H,1-3H3. The van der Waals surface area contributed by atoms with Gasteiger partial charge in [-0.2, -0.15) is 8.42 Å². The lowest BCUT2D eigenvalue weighted by Gasteiger charge is -2.13. The van der Waals surface area contributed by atoms with Gasteiger partial charge in [0.05, 0.1) is 17.3 Å². The SMILES string of the molecule is COc1cc(C=Nc2ccc(C)cc2C)cc(Br)c1OS(=O)(=O)c1ccccc1. The topological polar surface area (TPSA) is 65.0 Å². The Morgan fingerprint density at radius 2 is 1.72 bits per heavy atom. The molecule has 0 saturated heterocycles. The monoisotopic (exact) mass is 473 g/mol. The third kappa shape index (κ3) is 5.05. The molecule has 3 aromatic carbocycles. The van der Waals surface area contributed by atoms with Gasteiger partial charge in [-0.1, -0.05) is 35.9 Å². The van der Waals surface area contributed by atoms with Crippen molar-refractivity contribution in [1.82, 2.24) is 0 Å². The average Bonchev–Trinajstić information content (AvgIpc) is 2.69. The molecule has 29 heavy (non-hydrogen) atoms. The van der Waals surface area contributed by atoms with Gasteiger partial charge in [-0.15, -0.1) is 0 Å². The second kappa shape index (κ2) is 8.80. The van der Waals surface area contributed by atoms with Crippen LogP contribution in [0.25, 0.3) is 0 Å². The number of aryl methyl sites for hydroxylation is 2. The normalized spacial score (nSPS) is 11.6. The van der Waals surface area contributed by atoms with Gasteiger partial charge in [-0.05, 0) is 71.2 Å². The number of rotatable bonds is 6. The lowest BCUT2D eigenvalue weighted by atomic mass is 10.1. The summed E-state index contributed by atoms with van der Waals surface area (Å²) < 4.78 is 36.3. The van der Waals surface area contributed by atoms with E-state index in [1.807, 2.05) is 26.0 Å². The molecule has 0 saturated carbocycles. The molecule has 0 spiro atoms. The van der Waals surface area contributed by atoms with Crippen molar-refractivity contribution >= 4 is 38.0 Å². The number of methoxy groups -OCH3 is 1. The Morgan fingerprint density at radius 1 is 1.00 bits per heavy atom. The number of aliphatic imine (C=N–C) groups is 1. The Bertz CT molecular complexity index is 1160. The van der Waals surface area contributed by atoms with Crippen LogP contribution in [0.5, 0.6) is 11.5 Å². The highest BCUT2D eigenvalue weighted by Gasteiger charge is 2.21. The number of benzene rings is 3. The molecular weight excluding hydrogens is 454 g/mol. The second-order valence-corrected chi connectivity index (χ2v) is 8.83. The van der Waals surface area contributed by atoms with E-state index in [2.05, 4.69) is 27.0 Å². The van der Waals surface area contributed by atoms with Crippen LogP contribution in [-0.4, -0.2) is 21.7 Å². The van der Waals surface area contributed by atoms with Crippen LogP contribution in [0.15, 0.2) is 75.0 Å². The fraction of sp³-hybridized carbons (Fsp3) is 0.136. The summed E-state index contributed by atoms with van der Waals surface area (Å²) in [6, 6.07) is 17.4. The summed E-state index contributed by atoms with van der Waals surface area (Å²) in [5.41, 5.74) is 3.84. The molecule has 150 valence electrons. The maximum absolute atomic E-state index is 12.6. The largest absolute Gasteiger partial charge is 0.493 e. The van der Waals surface area contributed by atoms with E-state index in [-0.39, 0.29) is 16.4 Å². The maximum Gasteiger partial charge on any atom is 0.339 e. The van der Waals surface area contributed by atoms with Crippen molar-refractivity contribution in [3.05, 3.63) is 81.8 Å². The Kier molecular flexibility index (Phi) is 6.39. The van der Waals surface area contributed by atoms with Crippen LogP contribution in [0.2, 0.25) is 0 Å². The van der Waals surface area contributed by atoms with E-state index in [4.69, 9.17) is 8.92 Å². The van der Waals surface area contributed by atoms with E-state index in [1.54, 1.807) is 36.5 Å². The highest BCUT2D eigenvalue weighted by molar-refractivity contribution is 9.10. The number of nitrogens with zero attached hydrogens (tertiary/aromatic N) is 1. The van der Waals surface area contributed by atoms with Crippen LogP contribution in [0.4, 0.5) is 5.69 Å². The van der Waals surface area contributed by atoms with E-state index in [1.165, 1.54) is 24.8 Å². The Balaban J connectivity index is 1.93. The third-order valence-corrected chi connectivity index (χ3v) is 6.01. The smallest absolute Gasteiger partial charge is 0.339 e. The van der Waals surface area contributed by atoms with Crippen LogP contribution in [0.1, 0.15) is 16.7 Å². The molecular formula is C22H20BrNO4S. The molecule has 0 aliphatic carbocycles. The molecule has 0 unspecified atom stereocenters. The first-order valence-electron chi connectivity index (χ1n) is 8.78. The summed E-state index contributed by atoms with van der Waals surface area (Å²) >= 11 is 3.38. The molecule has 0 aromatic heterocycles. The molecule has 0 heterocycles. The highest BCUT2D eigenvalue weighted by atomic mass is 79.9. The molecule has 7 heteroatoms. The zero-order valence-electron chi connectivity index (χ0n) is 16.2. The molecule has 0 aliphatic heterocycles. The summed E-state index contributed by atoms with van der Waals surface area (Å²) in [7, 11) is -2.54. The van der Waals surface area contributed by atoms with Gasteiger partial charge in [0, 0.05) is 6.21 Å². The molecule has 3 aromatic rings. The first kappa shape index (κ1) is 21.1. The number of hydrogen-bond acceptors (Lipinski definition) is 5. The Hall–Kier alpha value is -2.64. The number of halogens is 1. The number of hydrogen-bond donors (Lipinski definition) is 0. The van der Waals surface area contributed by atoms with Gasteiger partial charge in [0.1, 0.15) is 4.90 Å². The first-order valence-corrected chi connectivity index (χ1v) is 11.0. The predicted octanol–water partition coefficient (Wildman–Crippen LogP) is 5.59. The van der Waals surface area contributed by atoms with Crippen molar-refractivity contribution in [2.45, 2.75) is 18.7 Å². The van der Waals surface area contributed by atoms with Gasteiger partial charge in [0.15, 0.2) is 11.5 Å². The van der Waals surface area contributed by atoms with Gasteiger partial charge < -0.3 is 8.92 Å². The van der Waals surface area contributed by atoms with E-state index >= 15 is 0 Å². The van der Waals surface area contributed by atoms with Crippen LogP contribution in [-0.2, 0) is 10.1 Å². The van der Waals surface area contributed by atoms with Crippen LogP contribution in [0.3, 0.4) is 0 Å². The molecule has 0 N–H and O–H groups in total. The Morgan fingerprint density at radius 3 is 2.38 bits per heavy atom. The molecule has 0 aliphatic rings. The van der Waals surface area contributed by atoms with E-state index in [0.717, 1.165) is 16.8 Å². The van der Waals surface area contributed by atoms with Crippen molar-refractivity contribution in [1.29, 1.82) is 0 Å². The summed E-state index contributed by atoms with van der Waals surface area (Å²) in [6.45, 7) is 4.03. The molecule has 3 rings (SSSR count). The number of ether oxygens (including phenoxy) is 1. The minimum absolute atomic E-state index is 0.0643. The van der Waals surface area contributed by atoms with E-state index in [9.17, 15) is 8.42 Å². The van der Waals surface area contributed by atoms with Crippen molar-refractivity contribution < 1.29 is 17.3 Å². The van der Waals surface area contributed by atoms with Crippen LogP contribution in [0, 0.1) is 13.8 Å². The zero-order valence-corrected chi connectivity index (χ0v) is 18.6. The first-order chi connectivity index (χ1) is 13.8. The van der Waals surface area contributed by atoms with Crippen molar-refractivity contribution in [2.24, 2.45) is 4.99 Å². The molecule has 0 atom stereocenters. The molecule has 0 bridgehead atoms. The van der Waals surface area contributed by atoms with Crippen LogP contribution < -0.4 is 8.92 Å². The van der Waals surface area contributed by atoms with Gasteiger partial charge in [0.2, 0.25) is 0 Å². The minimum atomic E-state index is -3.99.